The molecule has 3 nitrogen and oxygen atoms in total. The normalized spacial score (nSPS) is 11.1. The highest BCUT2D eigenvalue weighted by Crippen LogP contribution is 2.19. The number of nitrogens with zero attached hydrogens (tertiary/aromatic N) is 1. The molecule has 3 aromatic rings. The molecule has 3 rings (SSSR count). The maximum absolute atomic E-state index is 12.7. The van der Waals surface area contributed by atoms with E-state index in [-0.39, 0.29) is 5.91 Å². The van der Waals surface area contributed by atoms with Crippen molar-refractivity contribution in [3.05, 3.63) is 90.0 Å². The third kappa shape index (κ3) is 4.58. The second kappa shape index (κ2) is 8.97. The number of methoxy groups -OCH3 is 1. The van der Waals surface area contributed by atoms with Crippen molar-refractivity contribution >= 4 is 22.8 Å². The highest BCUT2D eigenvalue weighted by Gasteiger charge is 2.11. The van der Waals surface area contributed by atoms with Crippen LogP contribution in [-0.2, 0) is 16.1 Å². The molecule has 0 aliphatic carbocycles. The molecule has 0 aliphatic heterocycles. The van der Waals surface area contributed by atoms with Crippen LogP contribution in [0.2, 0.25) is 0 Å². The van der Waals surface area contributed by atoms with Crippen LogP contribution in [0.5, 0.6) is 0 Å². The monoisotopic (exact) mass is 345 g/mol. The molecule has 0 spiro atoms. The summed E-state index contributed by atoms with van der Waals surface area (Å²) >= 11 is 0. The van der Waals surface area contributed by atoms with Crippen LogP contribution < -0.4 is 0 Å². The zero-order valence-corrected chi connectivity index (χ0v) is 15.0. The summed E-state index contributed by atoms with van der Waals surface area (Å²) in [6.45, 7) is 1.65. The Balaban J connectivity index is 1.78. The first-order valence-electron chi connectivity index (χ1n) is 8.75. The number of amides is 1. The summed E-state index contributed by atoms with van der Waals surface area (Å²) in [6, 6.07) is 24.3. The van der Waals surface area contributed by atoms with E-state index in [4.69, 9.17) is 4.74 Å². The minimum Gasteiger partial charge on any atom is -0.383 e. The number of rotatable bonds is 7. The van der Waals surface area contributed by atoms with Gasteiger partial charge in [-0.1, -0.05) is 72.8 Å². The van der Waals surface area contributed by atoms with E-state index in [1.54, 1.807) is 18.1 Å². The van der Waals surface area contributed by atoms with Crippen molar-refractivity contribution in [3.8, 4) is 0 Å². The Morgan fingerprint density at radius 1 is 0.962 bits per heavy atom. The molecule has 0 bridgehead atoms. The third-order valence-electron chi connectivity index (χ3n) is 4.32. The second-order valence-corrected chi connectivity index (χ2v) is 6.14. The fourth-order valence-electron chi connectivity index (χ4n) is 2.93. The first-order valence-corrected chi connectivity index (χ1v) is 8.75. The summed E-state index contributed by atoms with van der Waals surface area (Å²) < 4.78 is 5.16. The van der Waals surface area contributed by atoms with Crippen LogP contribution in [-0.4, -0.2) is 31.1 Å². The molecule has 0 unspecified atom stereocenters. The SMILES string of the molecule is COCCN(Cc1ccccc1)C(=O)C=Cc1cccc2ccccc12. The van der Waals surface area contributed by atoms with Crippen molar-refractivity contribution in [2.24, 2.45) is 0 Å². The molecule has 0 saturated heterocycles. The fourth-order valence-corrected chi connectivity index (χ4v) is 2.93. The van der Waals surface area contributed by atoms with Crippen LogP contribution in [0.3, 0.4) is 0 Å². The van der Waals surface area contributed by atoms with Crippen LogP contribution in [0.25, 0.3) is 16.8 Å². The lowest BCUT2D eigenvalue weighted by Gasteiger charge is -2.21. The maximum Gasteiger partial charge on any atom is 0.246 e. The summed E-state index contributed by atoms with van der Waals surface area (Å²) in [6.07, 6.45) is 3.55. The smallest absolute Gasteiger partial charge is 0.246 e. The molecule has 132 valence electrons. The standard InChI is InChI=1S/C23H23NO2/c1-26-17-16-24(18-19-8-3-2-4-9-19)23(25)15-14-21-12-7-11-20-10-5-6-13-22(20)21/h2-15H,16-18H2,1H3. The van der Waals surface area contributed by atoms with Crippen LogP contribution in [0.1, 0.15) is 11.1 Å². The third-order valence-corrected chi connectivity index (χ3v) is 4.32. The Labute approximate surface area is 154 Å². The van der Waals surface area contributed by atoms with Gasteiger partial charge in [-0.3, -0.25) is 4.79 Å². The van der Waals surface area contributed by atoms with E-state index in [2.05, 4.69) is 18.2 Å². The molecule has 1 amide bonds. The van der Waals surface area contributed by atoms with E-state index >= 15 is 0 Å². The zero-order chi connectivity index (χ0) is 18.2. The fraction of sp³-hybridized carbons (Fsp3) is 0.174. The second-order valence-electron chi connectivity index (χ2n) is 6.14. The van der Waals surface area contributed by atoms with Gasteiger partial charge in [0.05, 0.1) is 6.61 Å². The summed E-state index contributed by atoms with van der Waals surface area (Å²) in [4.78, 5) is 14.6. The van der Waals surface area contributed by atoms with Crippen molar-refractivity contribution in [2.45, 2.75) is 6.54 Å². The van der Waals surface area contributed by atoms with Gasteiger partial charge in [0.1, 0.15) is 0 Å². The van der Waals surface area contributed by atoms with Crippen LogP contribution in [0, 0.1) is 0 Å². The predicted octanol–water partition coefficient (Wildman–Crippen LogP) is 4.53. The molecule has 0 aromatic heterocycles. The van der Waals surface area contributed by atoms with Gasteiger partial charge < -0.3 is 9.64 Å². The van der Waals surface area contributed by atoms with E-state index < -0.39 is 0 Å². The lowest BCUT2D eigenvalue weighted by atomic mass is 10.0. The number of ether oxygens (including phenoxy) is 1. The quantitative estimate of drug-likeness (QED) is 0.589. The highest BCUT2D eigenvalue weighted by atomic mass is 16.5. The first-order chi connectivity index (χ1) is 12.8. The molecule has 0 saturated carbocycles. The molecule has 0 radical (unpaired) electrons. The molecule has 0 fully saturated rings. The molecule has 3 heteroatoms. The van der Waals surface area contributed by atoms with Crippen molar-refractivity contribution in [2.75, 3.05) is 20.3 Å². The average molecular weight is 345 g/mol. The summed E-state index contributed by atoms with van der Waals surface area (Å²) in [5.41, 5.74) is 2.15. The molecule has 0 aliphatic rings. The number of hydrogen-bond donors (Lipinski definition) is 0. The number of carbonyl (C=O) groups is 1. The molecule has 0 heterocycles. The molecule has 3 aromatic carbocycles. The van der Waals surface area contributed by atoms with E-state index in [9.17, 15) is 4.79 Å². The number of fused-ring (bicyclic) bond motifs is 1. The van der Waals surface area contributed by atoms with Crippen LogP contribution >= 0.6 is 0 Å². The predicted molar refractivity (Wildman–Crippen MR) is 107 cm³/mol. The largest absolute Gasteiger partial charge is 0.383 e. The van der Waals surface area contributed by atoms with E-state index in [1.165, 1.54) is 5.39 Å². The first kappa shape index (κ1) is 17.9. The van der Waals surface area contributed by atoms with Crippen molar-refractivity contribution in [1.29, 1.82) is 0 Å². The van der Waals surface area contributed by atoms with Crippen molar-refractivity contribution in [1.82, 2.24) is 4.90 Å². The Hall–Kier alpha value is -2.91. The van der Waals surface area contributed by atoms with E-state index in [1.807, 2.05) is 60.7 Å². The Morgan fingerprint density at radius 2 is 1.69 bits per heavy atom. The summed E-state index contributed by atoms with van der Waals surface area (Å²) in [5, 5.41) is 2.31. The molecular weight excluding hydrogens is 322 g/mol. The number of hydrogen-bond acceptors (Lipinski definition) is 2. The Kier molecular flexibility index (Phi) is 6.18. The minimum absolute atomic E-state index is 0.0150. The van der Waals surface area contributed by atoms with Gasteiger partial charge in [0, 0.05) is 26.3 Å². The van der Waals surface area contributed by atoms with Gasteiger partial charge in [0.15, 0.2) is 0 Å². The average Bonchev–Trinajstić information content (AvgIpc) is 2.70. The lowest BCUT2D eigenvalue weighted by molar-refractivity contribution is -0.127. The van der Waals surface area contributed by atoms with Crippen LogP contribution in [0.4, 0.5) is 0 Å². The lowest BCUT2D eigenvalue weighted by Crippen LogP contribution is -2.32. The topological polar surface area (TPSA) is 29.5 Å². The number of benzene rings is 3. The summed E-state index contributed by atoms with van der Waals surface area (Å²) in [5.74, 6) is -0.0150. The zero-order valence-electron chi connectivity index (χ0n) is 15.0. The Bertz CT molecular complexity index is 882. The molecule has 26 heavy (non-hydrogen) atoms. The van der Waals surface area contributed by atoms with Gasteiger partial charge in [-0.25, -0.2) is 0 Å². The molecule has 0 N–H and O–H groups in total. The van der Waals surface area contributed by atoms with E-state index in [0.717, 1.165) is 16.5 Å². The highest BCUT2D eigenvalue weighted by molar-refractivity contribution is 5.96. The van der Waals surface area contributed by atoms with Crippen molar-refractivity contribution in [3.63, 3.8) is 0 Å². The van der Waals surface area contributed by atoms with Gasteiger partial charge in [-0.05, 0) is 28.0 Å². The van der Waals surface area contributed by atoms with Gasteiger partial charge in [-0.2, -0.15) is 0 Å². The van der Waals surface area contributed by atoms with Gasteiger partial charge in [-0.15, -0.1) is 0 Å². The molecule has 0 atom stereocenters. The Morgan fingerprint density at radius 3 is 2.50 bits per heavy atom. The van der Waals surface area contributed by atoms with E-state index in [0.29, 0.717) is 19.7 Å². The van der Waals surface area contributed by atoms with Crippen LogP contribution in [0.15, 0.2) is 78.9 Å². The van der Waals surface area contributed by atoms with Gasteiger partial charge in [0.25, 0.3) is 0 Å². The molecular formula is C23H23NO2. The van der Waals surface area contributed by atoms with Crippen molar-refractivity contribution < 1.29 is 9.53 Å². The van der Waals surface area contributed by atoms with Gasteiger partial charge >= 0.3 is 0 Å². The maximum atomic E-state index is 12.7. The minimum atomic E-state index is -0.0150. The van der Waals surface area contributed by atoms with Gasteiger partial charge in [0.2, 0.25) is 5.91 Å². The summed E-state index contributed by atoms with van der Waals surface area (Å²) in [7, 11) is 1.65. The number of carbonyl (C=O) groups excluding carboxylic acids is 1.